The molecule has 1 aliphatic rings. The molecule has 1 aliphatic carbocycles. The van der Waals surface area contributed by atoms with Gasteiger partial charge in [-0.1, -0.05) is 25.0 Å². The molecule has 0 aliphatic heterocycles. The van der Waals surface area contributed by atoms with Crippen LogP contribution in [0.1, 0.15) is 42.9 Å². The van der Waals surface area contributed by atoms with Crippen molar-refractivity contribution in [3.8, 4) is 0 Å². The number of halogens is 3. The monoisotopic (exact) mass is 316 g/mol. The molecule has 0 bridgehead atoms. The average molecular weight is 316 g/mol. The maximum Gasteiger partial charge on any atom is 0.416 e. The minimum absolute atomic E-state index is 0.121. The summed E-state index contributed by atoms with van der Waals surface area (Å²) in [5, 5.41) is 15.2. The fourth-order valence-electron chi connectivity index (χ4n) is 2.54. The number of aliphatic hydroxyl groups is 1. The molecule has 1 aromatic rings. The lowest BCUT2D eigenvalue weighted by Gasteiger charge is -2.16. The summed E-state index contributed by atoms with van der Waals surface area (Å²) in [5.41, 5.74) is -0.699. The number of carbonyl (C=O) groups excluding carboxylic acids is 1. The summed E-state index contributed by atoms with van der Waals surface area (Å²) < 4.78 is 37.8. The molecule has 0 aromatic heterocycles. The highest BCUT2D eigenvalue weighted by molar-refractivity contribution is 5.74. The highest BCUT2D eigenvalue weighted by atomic mass is 19.4. The predicted octanol–water partition coefficient (Wildman–Crippen LogP) is 2.98. The van der Waals surface area contributed by atoms with Crippen molar-refractivity contribution >= 4 is 6.03 Å². The first-order valence-corrected chi connectivity index (χ1v) is 7.26. The molecule has 7 heteroatoms. The zero-order chi connectivity index (χ0) is 16.2. The first-order chi connectivity index (χ1) is 10.4. The zero-order valence-corrected chi connectivity index (χ0v) is 12.0. The van der Waals surface area contributed by atoms with Gasteiger partial charge in [-0.15, -0.1) is 0 Å². The molecule has 1 aromatic carbocycles. The molecule has 1 fully saturated rings. The number of alkyl halides is 3. The minimum Gasteiger partial charge on any atom is -0.387 e. The second-order valence-electron chi connectivity index (χ2n) is 5.47. The van der Waals surface area contributed by atoms with Gasteiger partial charge in [0.2, 0.25) is 0 Å². The molecule has 0 spiro atoms. The van der Waals surface area contributed by atoms with Crippen molar-refractivity contribution in [2.75, 3.05) is 6.54 Å². The van der Waals surface area contributed by atoms with E-state index in [0.29, 0.717) is 0 Å². The van der Waals surface area contributed by atoms with Gasteiger partial charge in [0.25, 0.3) is 0 Å². The van der Waals surface area contributed by atoms with E-state index in [1.165, 1.54) is 12.1 Å². The maximum atomic E-state index is 12.6. The van der Waals surface area contributed by atoms with E-state index in [9.17, 15) is 23.1 Å². The molecule has 4 nitrogen and oxygen atoms in total. The molecule has 2 amide bonds. The molecular formula is C15H19F3N2O2. The Labute approximate surface area is 126 Å². The largest absolute Gasteiger partial charge is 0.416 e. The molecule has 2 rings (SSSR count). The summed E-state index contributed by atoms with van der Waals surface area (Å²) in [6.45, 7) is -0.139. The van der Waals surface area contributed by atoms with Gasteiger partial charge in [0.1, 0.15) is 0 Å². The lowest BCUT2D eigenvalue weighted by atomic mass is 10.1. The molecular weight excluding hydrogens is 297 g/mol. The average Bonchev–Trinajstić information content (AvgIpc) is 2.97. The number of nitrogens with one attached hydrogen (secondary N) is 2. The van der Waals surface area contributed by atoms with Gasteiger partial charge >= 0.3 is 12.2 Å². The molecule has 122 valence electrons. The van der Waals surface area contributed by atoms with Crippen LogP contribution in [0.15, 0.2) is 24.3 Å². The van der Waals surface area contributed by atoms with Crippen molar-refractivity contribution in [1.82, 2.24) is 10.6 Å². The van der Waals surface area contributed by atoms with Gasteiger partial charge < -0.3 is 15.7 Å². The van der Waals surface area contributed by atoms with E-state index < -0.39 is 23.9 Å². The molecule has 3 N–H and O–H groups in total. The number of aliphatic hydroxyl groups excluding tert-OH is 1. The number of rotatable bonds is 4. The van der Waals surface area contributed by atoms with E-state index in [1.54, 1.807) is 0 Å². The Morgan fingerprint density at radius 2 is 2.00 bits per heavy atom. The highest BCUT2D eigenvalue weighted by Gasteiger charge is 2.30. The van der Waals surface area contributed by atoms with E-state index in [2.05, 4.69) is 10.6 Å². The maximum absolute atomic E-state index is 12.6. The van der Waals surface area contributed by atoms with Gasteiger partial charge in [0, 0.05) is 12.6 Å². The number of amides is 2. The van der Waals surface area contributed by atoms with E-state index >= 15 is 0 Å². The lowest BCUT2D eigenvalue weighted by molar-refractivity contribution is -0.137. The normalized spacial score (nSPS) is 17.3. The third-order valence-corrected chi connectivity index (χ3v) is 3.75. The quantitative estimate of drug-likeness (QED) is 0.800. The van der Waals surface area contributed by atoms with E-state index in [1.807, 2.05) is 0 Å². The Balaban J connectivity index is 1.86. The number of carbonyl (C=O) groups is 1. The molecule has 1 atom stereocenters. The van der Waals surface area contributed by atoms with Crippen LogP contribution in [0.4, 0.5) is 18.0 Å². The van der Waals surface area contributed by atoms with Crippen molar-refractivity contribution in [3.05, 3.63) is 35.4 Å². The van der Waals surface area contributed by atoms with E-state index in [4.69, 9.17) is 0 Å². The molecule has 0 saturated heterocycles. The Bertz CT molecular complexity index is 514. The first kappa shape index (κ1) is 16.6. The Kier molecular flexibility index (Phi) is 5.28. The summed E-state index contributed by atoms with van der Waals surface area (Å²) >= 11 is 0. The number of hydrogen-bond donors (Lipinski definition) is 3. The third-order valence-electron chi connectivity index (χ3n) is 3.75. The van der Waals surface area contributed by atoms with Crippen molar-refractivity contribution in [1.29, 1.82) is 0 Å². The second-order valence-corrected chi connectivity index (χ2v) is 5.47. The summed E-state index contributed by atoms with van der Waals surface area (Å²) in [6.07, 6.45) is -1.61. The molecule has 0 radical (unpaired) electrons. The van der Waals surface area contributed by atoms with Crippen molar-refractivity contribution in [2.24, 2.45) is 0 Å². The summed E-state index contributed by atoms with van der Waals surface area (Å²) in [5.74, 6) is 0. The van der Waals surface area contributed by atoms with Crippen LogP contribution >= 0.6 is 0 Å². The molecule has 1 saturated carbocycles. The predicted molar refractivity (Wildman–Crippen MR) is 75.2 cm³/mol. The Hall–Kier alpha value is -1.76. The standard InChI is InChI=1S/C15H19F3N2O2/c16-15(17,18)11-5-3-4-10(8-11)13(21)9-19-14(22)20-12-6-1-2-7-12/h3-5,8,12-13,21H,1-2,6-7,9H2,(H2,19,20,22). The van der Waals surface area contributed by atoms with Crippen molar-refractivity contribution in [2.45, 2.75) is 44.0 Å². The Morgan fingerprint density at radius 3 is 2.64 bits per heavy atom. The van der Waals surface area contributed by atoms with E-state index in [-0.39, 0.29) is 18.2 Å². The zero-order valence-electron chi connectivity index (χ0n) is 12.0. The van der Waals surface area contributed by atoms with Crippen LogP contribution in [0.25, 0.3) is 0 Å². The van der Waals surface area contributed by atoms with Crippen LogP contribution in [0, 0.1) is 0 Å². The van der Waals surface area contributed by atoms with Crippen LogP contribution in [0.5, 0.6) is 0 Å². The van der Waals surface area contributed by atoms with Gasteiger partial charge in [-0.05, 0) is 30.5 Å². The number of hydrogen-bond acceptors (Lipinski definition) is 2. The van der Waals surface area contributed by atoms with Crippen LogP contribution in [0.2, 0.25) is 0 Å². The van der Waals surface area contributed by atoms with Crippen LogP contribution < -0.4 is 10.6 Å². The number of urea groups is 1. The SMILES string of the molecule is O=C(NCC(O)c1cccc(C(F)(F)F)c1)NC1CCCC1. The van der Waals surface area contributed by atoms with Gasteiger partial charge in [-0.2, -0.15) is 13.2 Å². The van der Waals surface area contributed by atoms with Gasteiger partial charge in [-0.3, -0.25) is 0 Å². The smallest absolute Gasteiger partial charge is 0.387 e. The summed E-state index contributed by atoms with van der Waals surface area (Å²) in [4.78, 5) is 11.6. The fraction of sp³-hybridized carbons (Fsp3) is 0.533. The van der Waals surface area contributed by atoms with Crippen molar-refractivity contribution in [3.63, 3.8) is 0 Å². The topological polar surface area (TPSA) is 61.4 Å². The highest BCUT2D eigenvalue weighted by Crippen LogP contribution is 2.30. The summed E-state index contributed by atoms with van der Waals surface area (Å²) in [7, 11) is 0. The molecule has 0 heterocycles. The Morgan fingerprint density at radius 1 is 1.32 bits per heavy atom. The second kappa shape index (κ2) is 7.00. The molecule has 22 heavy (non-hydrogen) atoms. The molecule has 1 unspecified atom stereocenters. The van der Waals surface area contributed by atoms with Crippen LogP contribution in [-0.4, -0.2) is 23.7 Å². The van der Waals surface area contributed by atoms with E-state index in [0.717, 1.165) is 37.8 Å². The number of benzene rings is 1. The summed E-state index contributed by atoms with van der Waals surface area (Å²) in [6, 6.07) is 4.21. The first-order valence-electron chi connectivity index (χ1n) is 7.26. The van der Waals surface area contributed by atoms with Gasteiger partial charge in [-0.25, -0.2) is 4.79 Å². The minimum atomic E-state index is -4.46. The fourth-order valence-corrected chi connectivity index (χ4v) is 2.54. The lowest BCUT2D eigenvalue weighted by Crippen LogP contribution is -2.42. The van der Waals surface area contributed by atoms with Crippen LogP contribution in [-0.2, 0) is 6.18 Å². The van der Waals surface area contributed by atoms with Crippen molar-refractivity contribution < 1.29 is 23.1 Å². The third kappa shape index (κ3) is 4.62. The van der Waals surface area contributed by atoms with Gasteiger partial charge in [0.15, 0.2) is 0 Å². The van der Waals surface area contributed by atoms with Crippen LogP contribution in [0.3, 0.4) is 0 Å². The van der Waals surface area contributed by atoms with Gasteiger partial charge in [0.05, 0.1) is 11.7 Å².